The maximum Gasteiger partial charge on any atom is 0.156 e. The van der Waals surface area contributed by atoms with Gasteiger partial charge >= 0.3 is 0 Å². The van der Waals surface area contributed by atoms with Crippen LogP contribution in [0.4, 0.5) is 0 Å². The van der Waals surface area contributed by atoms with Gasteiger partial charge in [-0.2, -0.15) is 0 Å². The Kier molecular flexibility index (Phi) is 2.39. The van der Waals surface area contributed by atoms with Gasteiger partial charge < -0.3 is 0 Å². The molecule has 0 aliphatic heterocycles. The minimum absolute atomic E-state index is 0.0526. The lowest BCUT2D eigenvalue weighted by molar-refractivity contribution is -0.116. The van der Waals surface area contributed by atoms with Crippen molar-refractivity contribution < 1.29 is 4.79 Å². The lowest BCUT2D eigenvalue weighted by atomic mass is 9.75. The van der Waals surface area contributed by atoms with Gasteiger partial charge in [-0.1, -0.05) is 13.8 Å². The Bertz CT molecular complexity index is 407. The third-order valence-electron chi connectivity index (χ3n) is 2.59. The van der Waals surface area contributed by atoms with Gasteiger partial charge in [0, 0.05) is 24.4 Å². The lowest BCUT2D eigenvalue weighted by Crippen LogP contribution is -2.21. The molecule has 0 unspecified atom stereocenters. The van der Waals surface area contributed by atoms with Crippen LogP contribution in [-0.2, 0) is 4.79 Å². The number of aromatic nitrogens is 2. The molecule has 15 heavy (non-hydrogen) atoms. The van der Waals surface area contributed by atoms with Crippen molar-refractivity contribution in [2.75, 3.05) is 0 Å². The van der Waals surface area contributed by atoms with E-state index in [-0.39, 0.29) is 11.2 Å². The van der Waals surface area contributed by atoms with E-state index in [9.17, 15) is 4.79 Å². The van der Waals surface area contributed by atoms with Crippen LogP contribution in [0.1, 0.15) is 32.3 Å². The predicted molar refractivity (Wildman–Crippen MR) is 58.0 cm³/mol. The molecule has 0 spiro atoms. The maximum atomic E-state index is 11.5. The third kappa shape index (κ3) is 2.29. The molecule has 0 atom stereocenters. The highest BCUT2D eigenvalue weighted by molar-refractivity contribution is 5.98. The summed E-state index contributed by atoms with van der Waals surface area (Å²) >= 11 is 0. The summed E-state index contributed by atoms with van der Waals surface area (Å²) < 4.78 is 0. The molecule has 3 nitrogen and oxygen atoms in total. The number of rotatable bonds is 1. The van der Waals surface area contributed by atoms with Gasteiger partial charge in [0.15, 0.2) is 5.78 Å². The summed E-state index contributed by atoms with van der Waals surface area (Å²) in [5.41, 5.74) is 2.06. The van der Waals surface area contributed by atoms with Gasteiger partial charge in [0.25, 0.3) is 0 Å². The number of nitrogens with zero attached hydrogens (tertiary/aromatic N) is 2. The van der Waals surface area contributed by atoms with Crippen molar-refractivity contribution >= 4 is 11.4 Å². The first kappa shape index (κ1) is 10.0. The van der Waals surface area contributed by atoms with Crippen LogP contribution < -0.4 is 0 Å². The number of allylic oxidation sites excluding steroid dienone is 2. The average Bonchev–Trinajstić information content (AvgIpc) is 2.16. The Morgan fingerprint density at radius 1 is 1.20 bits per heavy atom. The van der Waals surface area contributed by atoms with Crippen molar-refractivity contribution in [2.45, 2.75) is 26.7 Å². The zero-order valence-electron chi connectivity index (χ0n) is 9.03. The number of carbonyl (C=O) groups excluding carboxylic acids is 1. The van der Waals surface area contributed by atoms with Gasteiger partial charge in [-0.3, -0.25) is 4.79 Å². The first-order valence-corrected chi connectivity index (χ1v) is 5.06. The van der Waals surface area contributed by atoms with Gasteiger partial charge in [-0.05, 0) is 23.5 Å². The first-order valence-electron chi connectivity index (χ1n) is 5.06. The number of hydrogen-bond acceptors (Lipinski definition) is 3. The van der Waals surface area contributed by atoms with E-state index in [0.29, 0.717) is 6.42 Å². The summed E-state index contributed by atoms with van der Waals surface area (Å²) in [5.74, 6) is 0.199. The summed E-state index contributed by atoms with van der Waals surface area (Å²) in [5, 5.41) is 0. The van der Waals surface area contributed by atoms with E-state index in [1.54, 1.807) is 18.5 Å². The van der Waals surface area contributed by atoms with E-state index in [2.05, 4.69) is 23.8 Å². The Balaban J connectivity index is 2.35. The second-order valence-corrected chi connectivity index (χ2v) is 4.78. The molecule has 0 fully saturated rings. The maximum absolute atomic E-state index is 11.5. The minimum Gasteiger partial charge on any atom is -0.295 e. The first-order chi connectivity index (χ1) is 7.07. The SMILES string of the molecule is CC1(C)CC(=O)C=C(c2cncnc2)C1. The van der Waals surface area contributed by atoms with Crippen LogP contribution in [0, 0.1) is 5.41 Å². The Labute approximate surface area is 89.3 Å². The molecule has 0 N–H and O–H groups in total. The van der Waals surface area contributed by atoms with Crippen molar-refractivity contribution in [1.82, 2.24) is 9.97 Å². The van der Waals surface area contributed by atoms with Crippen LogP contribution >= 0.6 is 0 Å². The zero-order valence-corrected chi connectivity index (χ0v) is 9.03. The Morgan fingerprint density at radius 3 is 2.47 bits per heavy atom. The van der Waals surface area contributed by atoms with Gasteiger partial charge in [-0.15, -0.1) is 0 Å². The van der Waals surface area contributed by atoms with E-state index < -0.39 is 0 Å². The minimum atomic E-state index is 0.0526. The molecule has 0 bridgehead atoms. The predicted octanol–water partition coefficient (Wildman–Crippen LogP) is 2.25. The molecule has 1 aliphatic carbocycles. The standard InChI is InChI=1S/C12H14N2O/c1-12(2)4-9(3-11(15)5-12)10-6-13-8-14-7-10/h3,6-8H,4-5H2,1-2H3. The van der Waals surface area contributed by atoms with Crippen LogP contribution in [-0.4, -0.2) is 15.8 Å². The van der Waals surface area contributed by atoms with Gasteiger partial charge in [0.1, 0.15) is 6.33 Å². The van der Waals surface area contributed by atoms with E-state index in [0.717, 1.165) is 17.6 Å². The molecule has 0 saturated carbocycles. The van der Waals surface area contributed by atoms with E-state index in [4.69, 9.17) is 0 Å². The van der Waals surface area contributed by atoms with Gasteiger partial charge in [-0.25, -0.2) is 9.97 Å². The molecule has 2 rings (SSSR count). The summed E-state index contributed by atoms with van der Waals surface area (Å²) in [4.78, 5) is 19.5. The molecule has 0 aromatic carbocycles. The van der Waals surface area contributed by atoms with Crippen molar-refractivity contribution in [2.24, 2.45) is 5.41 Å². The summed E-state index contributed by atoms with van der Waals surface area (Å²) in [6.45, 7) is 4.23. The second-order valence-electron chi connectivity index (χ2n) is 4.78. The van der Waals surface area contributed by atoms with Crippen LogP contribution in [0.3, 0.4) is 0 Å². The fourth-order valence-electron chi connectivity index (χ4n) is 2.00. The highest BCUT2D eigenvalue weighted by Crippen LogP contribution is 2.37. The molecule has 3 heteroatoms. The molecule has 0 amide bonds. The number of hydrogen-bond donors (Lipinski definition) is 0. The molecule has 1 aromatic rings. The van der Waals surface area contributed by atoms with Gasteiger partial charge in [0.2, 0.25) is 0 Å². The molecular formula is C12H14N2O. The van der Waals surface area contributed by atoms with Crippen molar-refractivity contribution in [3.8, 4) is 0 Å². The van der Waals surface area contributed by atoms with Crippen LogP contribution in [0.15, 0.2) is 24.8 Å². The van der Waals surface area contributed by atoms with E-state index in [1.807, 2.05) is 0 Å². The van der Waals surface area contributed by atoms with Crippen molar-refractivity contribution in [3.63, 3.8) is 0 Å². The Morgan fingerprint density at radius 2 is 1.87 bits per heavy atom. The van der Waals surface area contributed by atoms with Crippen LogP contribution in [0.2, 0.25) is 0 Å². The molecule has 1 aliphatic rings. The fraction of sp³-hybridized carbons (Fsp3) is 0.417. The summed E-state index contributed by atoms with van der Waals surface area (Å²) in [7, 11) is 0. The van der Waals surface area contributed by atoms with Crippen molar-refractivity contribution in [1.29, 1.82) is 0 Å². The monoisotopic (exact) mass is 202 g/mol. The number of carbonyl (C=O) groups is 1. The molecule has 0 saturated heterocycles. The van der Waals surface area contributed by atoms with Crippen LogP contribution in [0.5, 0.6) is 0 Å². The molecule has 1 heterocycles. The van der Waals surface area contributed by atoms with E-state index >= 15 is 0 Å². The van der Waals surface area contributed by atoms with Crippen LogP contribution in [0.25, 0.3) is 5.57 Å². The third-order valence-corrected chi connectivity index (χ3v) is 2.59. The van der Waals surface area contributed by atoms with Crippen molar-refractivity contribution in [3.05, 3.63) is 30.4 Å². The lowest BCUT2D eigenvalue weighted by Gasteiger charge is -2.28. The fourth-order valence-corrected chi connectivity index (χ4v) is 2.00. The molecule has 1 aromatic heterocycles. The largest absolute Gasteiger partial charge is 0.295 e. The quantitative estimate of drug-likeness (QED) is 0.701. The van der Waals surface area contributed by atoms with E-state index in [1.165, 1.54) is 6.33 Å². The van der Waals surface area contributed by atoms with Gasteiger partial charge in [0.05, 0.1) is 0 Å². The topological polar surface area (TPSA) is 42.9 Å². The Hall–Kier alpha value is -1.51. The highest BCUT2D eigenvalue weighted by atomic mass is 16.1. The highest BCUT2D eigenvalue weighted by Gasteiger charge is 2.27. The summed E-state index contributed by atoms with van der Waals surface area (Å²) in [6.07, 6.45) is 8.28. The molecule has 0 radical (unpaired) electrons. The zero-order chi connectivity index (χ0) is 10.9. The number of ketones is 1. The normalized spacial score (nSPS) is 19.9. The smallest absolute Gasteiger partial charge is 0.156 e. The second kappa shape index (κ2) is 3.57. The summed E-state index contributed by atoms with van der Waals surface area (Å²) in [6, 6.07) is 0. The molecular weight excluding hydrogens is 188 g/mol. The average molecular weight is 202 g/mol. The molecule has 78 valence electrons.